The predicted octanol–water partition coefficient (Wildman–Crippen LogP) is 6.14. The number of halogens is 4. The second kappa shape index (κ2) is 12.7. The third-order valence-corrected chi connectivity index (χ3v) is 8.55. The van der Waals surface area contributed by atoms with Gasteiger partial charge in [0.1, 0.15) is 16.9 Å². The van der Waals surface area contributed by atoms with Crippen LogP contribution in [-0.4, -0.2) is 57.9 Å². The molecule has 10 nitrogen and oxygen atoms in total. The maximum absolute atomic E-state index is 15.9. The van der Waals surface area contributed by atoms with Crippen LogP contribution in [0.1, 0.15) is 48.1 Å². The first kappa shape index (κ1) is 33.7. The molecule has 252 valence electrons. The van der Waals surface area contributed by atoms with E-state index in [1.807, 2.05) is 0 Å². The molecule has 3 aromatic carbocycles. The summed E-state index contributed by atoms with van der Waals surface area (Å²) in [5.41, 5.74) is -3.23. The zero-order chi connectivity index (χ0) is 35.2. The molecule has 1 amide bonds. The maximum Gasteiger partial charge on any atom is 0.417 e. The molecule has 2 fully saturated rings. The summed E-state index contributed by atoms with van der Waals surface area (Å²) in [4.78, 5) is 37.6. The lowest BCUT2D eigenvalue weighted by Gasteiger charge is -2.30. The Morgan fingerprint density at radius 2 is 1.80 bits per heavy atom. The van der Waals surface area contributed by atoms with E-state index in [0.717, 1.165) is 17.0 Å². The van der Waals surface area contributed by atoms with Crippen LogP contribution >= 0.6 is 12.2 Å². The van der Waals surface area contributed by atoms with Crippen LogP contribution in [0.2, 0.25) is 0 Å². The van der Waals surface area contributed by atoms with E-state index in [1.54, 1.807) is 37.3 Å². The molecule has 2 aliphatic rings. The minimum atomic E-state index is -4.88. The van der Waals surface area contributed by atoms with Gasteiger partial charge in [0.05, 0.1) is 47.0 Å². The van der Waals surface area contributed by atoms with E-state index >= 15 is 4.39 Å². The van der Waals surface area contributed by atoms with Crippen LogP contribution in [0, 0.1) is 17.1 Å². The van der Waals surface area contributed by atoms with Gasteiger partial charge in [0.2, 0.25) is 5.88 Å². The Bertz CT molecular complexity index is 2040. The Kier molecular flexibility index (Phi) is 8.72. The summed E-state index contributed by atoms with van der Waals surface area (Å²) in [6, 6.07) is 15.3. The van der Waals surface area contributed by atoms with Crippen molar-refractivity contribution in [3.05, 3.63) is 89.0 Å². The molecule has 0 radical (unpaired) electrons. The molecule has 3 heterocycles. The fraction of sp³-hybridized carbons (Fsp3) is 0.294. The Hall–Kier alpha value is -5.20. The van der Waals surface area contributed by atoms with Crippen molar-refractivity contribution in [1.82, 2.24) is 9.97 Å². The highest BCUT2D eigenvalue weighted by Gasteiger charge is 2.51. The molecule has 0 spiro atoms. The molecule has 15 heteroatoms. The molecule has 0 unspecified atom stereocenters. The van der Waals surface area contributed by atoms with Gasteiger partial charge in [0.15, 0.2) is 23.1 Å². The van der Waals surface area contributed by atoms with E-state index in [9.17, 15) is 28.0 Å². The monoisotopic (exact) mass is 693 g/mol. The van der Waals surface area contributed by atoms with Gasteiger partial charge in [0.25, 0.3) is 5.91 Å². The minimum Gasteiger partial charge on any atom is -0.467 e. The zero-order valence-electron chi connectivity index (χ0n) is 26.2. The molecule has 0 aliphatic carbocycles. The van der Waals surface area contributed by atoms with Crippen LogP contribution in [0.15, 0.2) is 60.7 Å². The van der Waals surface area contributed by atoms with E-state index < -0.39 is 52.7 Å². The van der Waals surface area contributed by atoms with Gasteiger partial charge in [0, 0.05) is 12.1 Å². The number of nitrogens with zero attached hydrogens (tertiary/aromatic N) is 5. The van der Waals surface area contributed by atoms with E-state index in [1.165, 1.54) is 36.9 Å². The van der Waals surface area contributed by atoms with Crippen molar-refractivity contribution >= 4 is 51.5 Å². The Labute approximate surface area is 282 Å². The van der Waals surface area contributed by atoms with Crippen molar-refractivity contribution in [2.75, 3.05) is 23.0 Å². The number of hydrogen-bond donors (Lipinski definition) is 0. The number of thiocarbonyl (C=S) groups is 1. The van der Waals surface area contributed by atoms with Crippen molar-refractivity contribution in [2.45, 2.75) is 51.1 Å². The minimum absolute atomic E-state index is 0.0353. The molecule has 2 saturated heterocycles. The van der Waals surface area contributed by atoms with Gasteiger partial charge in [-0.3, -0.25) is 9.69 Å². The number of fused-ring (bicyclic) bond motifs is 1. The summed E-state index contributed by atoms with van der Waals surface area (Å²) >= 11 is 5.63. The van der Waals surface area contributed by atoms with E-state index in [2.05, 4.69) is 9.97 Å². The highest BCUT2D eigenvalue weighted by Crippen LogP contribution is 2.41. The molecule has 6 rings (SSSR count). The summed E-state index contributed by atoms with van der Waals surface area (Å²) < 4.78 is 74.8. The van der Waals surface area contributed by atoms with Gasteiger partial charge in [-0.25, -0.2) is 14.2 Å². The van der Waals surface area contributed by atoms with Gasteiger partial charge in [-0.15, -0.1) is 0 Å². The number of alkyl halides is 3. The number of aryl methyl sites for hydroxylation is 1. The van der Waals surface area contributed by atoms with Crippen LogP contribution in [0.4, 0.5) is 28.9 Å². The third kappa shape index (κ3) is 6.13. The zero-order valence-corrected chi connectivity index (χ0v) is 27.1. The lowest BCUT2D eigenvalue weighted by atomic mass is 10.0. The fourth-order valence-corrected chi connectivity index (χ4v) is 6.21. The summed E-state index contributed by atoms with van der Waals surface area (Å²) in [5, 5.41) is 9.11. The number of amides is 1. The van der Waals surface area contributed by atoms with Gasteiger partial charge in [-0.2, -0.15) is 23.4 Å². The Morgan fingerprint density at radius 1 is 1.08 bits per heavy atom. The number of aromatic nitrogens is 2. The number of carbonyl (C=O) groups is 2. The van der Waals surface area contributed by atoms with Gasteiger partial charge >= 0.3 is 12.1 Å². The van der Waals surface area contributed by atoms with E-state index in [0.29, 0.717) is 18.1 Å². The van der Waals surface area contributed by atoms with Crippen LogP contribution in [-0.2, 0) is 26.9 Å². The van der Waals surface area contributed by atoms with Gasteiger partial charge < -0.3 is 19.1 Å². The highest BCUT2D eigenvalue weighted by molar-refractivity contribution is 7.81. The number of ether oxygens (including phenoxy) is 3. The molecule has 0 N–H and O–H groups in total. The Balaban J connectivity index is 1.38. The summed E-state index contributed by atoms with van der Waals surface area (Å²) in [6.07, 6.45) is -6.18. The number of nitriles is 1. The first-order chi connectivity index (χ1) is 23.2. The number of rotatable bonds is 7. The van der Waals surface area contributed by atoms with Crippen LogP contribution < -0.4 is 14.5 Å². The largest absolute Gasteiger partial charge is 0.467 e. The van der Waals surface area contributed by atoms with Crippen molar-refractivity contribution in [3.8, 4) is 11.9 Å². The summed E-state index contributed by atoms with van der Waals surface area (Å²) in [6.45, 7) is 4.85. The molecule has 2 aliphatic heterocycles. The van der Waals surface area contributed by atoms with E-state index in [4.69, 9.17) is 26.4 Å². The van der Waals surface area contributed by atoms with Crippen molar-refractivity contribution in [2.24, 2.45) is 0 Å². The normalized spacial score (nSPS) is 19.0. The molecule has 0 bridgehead atoms. The number of hydrogen-bond acceptors (Lipinski definition) is 9. The number of carbonyl (C=O) groups excluding carboxylic acids is 2. The second-order valence-electron chi connectivity index (χ2n) is 11.8. The van der Waals surface area contributed by atoms with Crippen LogP contribution in [0.3, 0.4) is 0 Å². The molecular formula is C34H27F4N5O5S. The quantitative estimate of drug-likeness (QED) is 0.127. The predicted molar refractivity (Wildman–Crippen MR) is 173 cm³/mol. The first-order valence-electron chi connectivity index (χ1n) is 15.0. The molecule has 2 atom stereocenters. The standard InChI is InChI=1S/C34H27F4N5O5S/c1-4-27-40-28-22(29(41-27)47-25-16-46-17-26(25)48-30(44)18-8-6-5-7-9-18)12-21(14-24(28)35)43-32(49)42(31(45)33(43,2)3)20-11-10-19(15-39)23(13-20)34(36,37)38/h5-14,25-26H,4,16-17H2,1-3H3/t25-,26-/m1/s1. The maximum atomic E-state index is 15.9. The SMILES string of the molecule is CCc1nc(O[C@@H]2COC[C@H]2OC(=O)c2ccccc2)c2cc(N3C(=S)N(c4ccc(C#N)c(C(F)(F)F)c4)C(=O)C3(C)C)cc(F)c2n1. The number of benzene rings is 3. The number of anilines is 2. The van der Waals surface area contributed by atoms with Crippen molar-refractivity contribution in [1.29, 1.82) is 5.26 Å². The highest BCUT2D eigenvalue weighted by atomic mass is 32.1. The smallest absolute Gasteiger partial charge is 0.417 e. The molecule has 49 heavy (non-hydrogen) atoms. The fourth-order valence-electron chi connectivity index (χ4n) is 5.69. The van der Waals surface area contributed by atoms with Gasteiger partial charge in [-0.05, 0) is 68.5 Å². The Morgan fingerprint density at radius 3 is 2.47 bits per heavy atom. The lowest BCUT2D eigenvalue weighted by molar-refractivity contribution is -0.137. The molecular weight excluding hydrogens is 666 g/mol. The van der Waals surface area contributed by atoms with Crippen LogP contribution in [0.25, 0.3) is 10.9 Å². The first-order valence-corrected chi connectivity index (χ1v) is 15.5. The average Bonchev–Trinajstić information content (AvgIpc) is 3.57. The molecule has 1 aromatic heterocycles. The average molecular weight is 694 g/mol. The van der Waals surface area contributed by atoms with Crippen molar-refractivity contribution < 1.29 is 41.4 Å². The second-order valence-corrected chi connectivity index (χ2v) is 12.1. The summed E-state index contributed by atoms with van der Waals surface area (Å²) in [7, 11) is 0. The van der Waals surface area contributed by atoms with Crippen molar-refractivity contribution in [3.63, 3.8) is 0 Å². The third-order valence-electron chi connectivity index (χ3n) is 8.19. The summed E-state index contributed by atoms with van der Waals surface area (Å²) in [5.74, 6) is -1.83. The number of esters is 1. The van der Waals surface area contributed by atoms with Crippen LogP contribution in [0.5, 0.6) is 5.88 Å². The lowest BCUT2D eigenvalue weighted by Crippen LogP contribution is -2.44. The molecule has 4 aromatic rings. The molecule has 0 saturated carbocycles. The van der Waals surface area contributed by atoms with E-state index in [-0.39, 0.29) is 52.3 Å². The van der Waals surface area contributed by atoms with Gasteiger partial charge in [-0.1, -0.05) is 25.1 Å². The topological polar surface area (TPSA) is 118 Å².